The highest BCUT2D eigenvalue weighted by Crippen LogP contribution is 2.25. The molecule has 0 heterocycles. The largest absolute Gasteiger partial charge is 0.330 e. The molecular weight excluding hydrogens is 178 g/mol. The van der Waals surface area contributed by atoms with Crippen molar-refractivity contribution < 1.29 is 0 Å². The summed E-state index contributed by atoms with van der Waals surface area (Å²) in [6, 6.07) is 7.79. The topological polar surface area (TPSA) is 26.0 Å². The zero-order valence-corrected chi connectivity index (χ0v) is 7.66. The van der Waals surface area contributed by atoms with Gasteiger partial charge < -0.3 is 5.73 Å². The average Bonchev–Trinajstić information content (AvgIpc) is 2.03. The van der Waals surface area contributed by atoms with Gasteiger partial charge in [-0.05, 0) is 12.1 Å². The fourth-order valence-corrected chi connectivity index (χ4v) is 1.75. The Morgan fingerprint density at radius 1 is 1.36 bits per heavy atom. The first kappa shape index (κ1) is 8.91. The average molecular weight is 188 g/mol. The number of thioether (sulfide) groups is 1. The summed E-state index contributed by atoms with van der Waals surface area (Å²) in [6.45, 7) is 0.690. The predicted molar refractivity (Wildman–Crippen MR) is 51.2 cm³/mol. The minimum Gasteiger partial charge on any atom is -0.330 e. The van der Waals surface area contributed by atoms with E-state index in [-0.39, 0.29) is 0 Å². The van der Waals surface area contributed by atoms with Gasteiger partial charge in [0.15, 0.2) is 0 Å². The van der Waals surface area contributed by atoms with E-state index in [1.54, 1.807) is 11.8 Å². The molecule has 0 aromatic heterocycles. The molecule has 0 aliphatic carbocycles. The van der Waals surface area contributed by atoms with Gasteiger partial charge in [-0.15, -0.1) is 11.8 Å². The van der Waals surface area contributed by atoms with E-state index in [0.717, 1.165) is 15.7 Å². The van der Waals surface area contributed by atoms with Gasteiger partial charge in [0.25, 0.3) is 0 Å². The maximum Gasteiger partial charge on any atom is 0.0541 e. The van der Waals surface area contributed by atoms with Crippen molar-refractivity contribution in [1.82, 2.24) is 0 Å². The van der Waals surface area contributed by atoms with E-state index >= 15 is 0 Å². The van der Waals surface area contributed by atoms with Crippen LogP contribution in [0.25, 0.3) is 0 Å². The van der Waals surface area contributed by atoms with Crippen LogP contribution in [0.1, 0.15) is 0 Å². The fourth-order valence-electron chi connectivity index (χ4n) is 0.731. The number of benzene rings is 1. The first-order valence-corrected chi connectivity index (χ1v) is 4.78. The van der Waals surface area contributed by atoms with Gasteiger partial charge >= 0.3 is 0 Å². The predicted octanol–water partition coefficient (Wildman–Crippen LogP) is 2.39. The van der Waals surface area contributed by atoms with Crippen molar-refractivity contribution in [3.63, 3.8) is 0 Å². The van der Waals surface area contributed by atoms with Crippen LogP contribution < -0.4 is 5.73 Å². The maximum absolute atomic E-state index is 5.90. The second-order valence-corrected chi connectivity index (χ2v) is 3.61. The van der Waals surface area contributed by atoms with Gasteiger partial charge in [0.05, 0.1) is 5.02 Å². The molecule has 11 heavy (non-hydrogen) atoms. The highest BCUT2D eigenvalue weighted by Gasteiger charge is 1.96. The third kappa shape index (κ3) is 2.73. The molecule has 0 unspecified atom stereocenters. The summed E-state index contributed by atoms with van der Waals surface area (Å²) in [5.74, 6) is 0.920. The monoisotopic (exact) mass is 187 g/mol. The summed E-state index contributed by atoms with van der Waals surface area (Å²) in [6.07, 6.45) is 0. The second-order valence-electron chi connectivity index (χ2n) is 2.07. The molecule has 0 radical (unpaired) electrons. The Morgan fingerprint density at radius 2 is 2.09 bits per heavy atom. The lowest BCUT2D eigenvalue weighted by Gasteiger charge is -2.00. The van der Waals surface area contributed by atoms with Gasteiger partial charge in [-0.3, -0.25) is 0 Å². The SMILES string of the molecule is NCCSc1ccccc1Cl. The molecule has 1 nitrogen and oxygen atoms in total. The molecule has 0 saturated heterocycles. The molecule has 0 aliphatic heterocycles. The van der Waals surface area contributed by atoms with Gasteiger partial charge in [-0.2, -0.15) is 0 Å². The smallest absolute Gasteiger partial charge is 0.0541 e. The van der Waals surface area contributed by atoms with Gasteiger partial charge in [-0.1, -0.05) is 23.7 Å². The van der Waals surface area contributed by atoms with E-state index in [2.05, 4.69) is 0 Å². The van der Waals surface area contributed by atoms with Crippen LogP contribution in [0.15, 0.2) is 29.2 Å². The zero-order chi connectivity index (χ0) is 8.10. The Labute approximate surface area is 75.9 Å². The van der Waals surface area contributed by atoms with E-state index < -0.39 is 0 Å². The van der Waals surface area contributed by atoms with Gasteiger partial charge in [0.1, 0.15) is 0 Å². The van der Waals surface area contributed by atoms with Crippen LogP contribution in [0.4, 0.5) is 0 Å². The van der Waals surface area contributed by atoms with Crippen LogP contribution in [-0.2, 0) is 0 Å². The van der Waals surface area contributed by atoms with Crippen molar-refractivity contribution in [1.29, 1.82) is 0 Å². The van der Waals surface area contributed by atoms with Crippen molar-refractivity contribution in [2.24, 2.45) is 5.73 Å². The molecule has 0 spiro atoms. The van der Waals surface area contributed by atoms with Gasteiger partial charge in [-0.25, -0.2) is 0 Å². The lowest BCUT2D eigenvalue weighted by molar-refractivity contribution is 1.15. The molecule has 0 fully saturated rings. The molecule has 3 heteroatoms. The number of nitrogens with two attached hydrogens (primary N) is 1. The molecule has 2 N–H and O–H groups in total. The molecule has 0 atom stereocenters. The maximum atomic E-state index is 5.90. The Hall–Kier alpha value is -0.180. The number of rotatable bonds is 3. The second kappa shape index (κ2) is 4.65. The van der Waals surface area contributed by atoms with Crippen LogP contribution >= 0.6 is 23.4 Å². The Kier molecular flexibility index (Phi) is 3.77. The van der Waals surface area contributed by atoms with E-state index in [1.807, 2.05) is 24.3 Å². The van der Waals surface area contributed by atoms with E-state index in [0.29, 0.717) is 6.54 Å². The van der Waals surface area contributed by atoms with Crippen molar-refractivity contribution in [2.45, 2.75) is 4.90 Å². The first-order chi connectivity index (χ1) is 5.34. The molecule has 0 amide bonds. The molecule has 1 aromatic rings. The summed E-state index contributed by atoms with van der Waals surface area (Å²) in [7, 11) is 0. The number of halogens is 1. The van der Waals surface area contributed by atoms with Gasteiger partial charge in [0, 0.05) is 17.2 Å². The molecular formula is C8H10ClNS. The Bertz CT molecular complexity index is 227. The van der Waals surface area contributed by atoms with Crippen LogP contribution in [0.2, 0.25) is 5.02 Å². The minimum atomic E-state index is 0.690. The quantitative estimate of drug-likeness (QED) is 0.736. The Morgan fingerprint density at radius 3 is 2.73 bits per heavy atom. The number of hydrogen-bond acceptors (Lipinski definition) is 2. The summed E-state index contributed by atoms with van der Waals surface area (Å²) in [5.41, 5.74) is 5.36. The summed E-state index contributed by atoms with van der Waals surface area (Å²) in [4.78, 5) is 1.11. The van der Waals surface area contributed by atoms with Crippen LogP contribution in [0.3, 0.4) is 0 Å². The molecule has 60 valence electrons. The van der Waals surface area contributed by atoms with Crippen LogP contribution in [0.5, 0.6) is 0 Å². The fraction of sp³-hybridized carbons (Fsp3) is 0.250. The third-order valence-electron chi connectivity index (χ3n) is 1.21. The van der Waals surface area contributed by atoms with E-state index in [1.165, 1.54) is 0 Å². The lowest BCUT2D eigenvalue weighted by Crippen LogP contribution is -2.00. The highest BCUT2D eigenvalue weighted by atomic mass is 35.5. The minimum absolute atomic E-state index is 0.690. The molecule has 1 aromatic carbocycles. The molecule has 0 aliphatic rings. The summed E-state index contributed by atoms with van der Waals surface area (Å²) in [5, 5.41) is 0.811. The van der Waals surface area contributed by atoms with Crippen LogP contribution in [-0.4, -0.2) is 12.3 Å². The van der Waals surface area contributed by atoms with Crippen LogP contribution in [0, 0.1) is 0 Å². The van der Waals surface area contributed by atoms with Crippen molar-refractivity contribution in [3.8, 4) is 0 Å². The molecule has 1 rings (SSSR count). The highest BCUT2D eigenvalue weighted by molar-refractivity contribution is 7.99. The summed E-state index contributed by atoms with van der Waals surface area (Å²) >= 11 is 7.59. The van der Waals surface area contributed by atoms with Crippen molar-refractivity contribution >= 4 is 23.4 Å². The first-order valence-electron chi connectivity index (χ1n) is 3.42. The van der Waals surface area contributed by atoms with Gasteiger partial charge in [0.2, 0.25) is 0 Å². The van der Waals surface area contributed by atoms with E-state index in [9.17, 15) is 0 Å². The van der Waals surface area contributed by atoms with Crippen molar-refractivity contribution in [2.75, 3.05) is 12.3 Å². The third-order valence-corrected chi connectivity index (χ3v) is 2.76. The molecule has 0 saturated carbocycles. The zero-order valence-electron chi connectivity index (χ0n) is 6.09. The number of hydrogen-bond donors (Lipinski definition) is 1. The molecule has 0 bridgehead atoms. The summed E-state index contributed by atoms with van der Waals surface area (Å²) < 4.78 is 0. The lowest BCUT2D eigenvalue weighted by atomic mass is 10.4. The standard InChI is InChI=1S/C8H10ClNS/c9-7-3-1-2-4-8(7)11-6-5-10/h1-4H,5-6,10H2. The Balaban J connectivity index is 2.62. The van der Waals surface area contributed by atoms with E-state index in [4.69, 9.17) is 17.3 Å². The normalized spacial score (nSPS) is 10.0. The van der Waals surface area contributed by atoms with Crippen molar-refractivity contribution in [3.05, 3.63) is 29.3 Å².